The van der Waals surface area contributed by atoms with Crippen LogP contribution in [0.5, 0.6) is 0 Å². The lowest BCUT2D eigenvalue weighted by Crippen LogP contribution is -2.43. The number of hydrogen-bond donors (Lipinski definition) is 2. The van der Waals surface area contributed by atoms with Gasteiger partial charge in [-0.25, -0.2) is 13.6 Å². The highest BCUT2D eigenvalue weighted by atomic mass is 19.1. The third-order valence-corrected chi connectivity index (χ3v) is 4.09. The van der Waals surface area contributed by atoms with Crippen molar-refractivity contribution in [2.75, 3.05) is 0 Å². The number of benzene rings is 2. The van der Waals surface area contributed by atoms with E-state index in [1.54, 1.807) is 0 Å². The number of hydrogen-bond acceptors (Lipinski definition) is 2. The molecule has 0 aliphatic rings. The maximum atomic E-state index is 13.6. The van der Waals surface area contributed by atoms with Crippen molar-refractivity contribution < 1.29 is 23.5 Å². The van der Waals surface area contributed by atoms with Crippen LogP contribution < -0.4 is 5.32 Å². The fourth-order valence-electron chi connectivity index (χ4n) is 2.68. The lowest BCUT2D eigenvalue weighted by atomic mass is 9.96. The van der Waals surface area contributed by atoms with E-state index in [0.29, 0.717) is 0 Å². The average Bonchev–Trinajstić information content (AvgIpc) is 2.53. The third kappa shape index (κ3) is 4.62. The Hall–Kier alpha value is -2.76. The summed E-state index contributed by atoms with van der Waals surface area (Å²) < 4.78 is 27.2. The van der Waals surface area contributed by atoms with E-state index in [0.717, 1.165) is 28.8 Å². The fourth-order valence-corrected chi connectivity index (χ4v) is 2.68. The second kappa shape index (κ2) is 7.88. The van der Waals surface area contributed by atoms with E-state index in [9.17, 15) is 23.5 Å². The maximum Gasteiger partial charge on any atom is 0.326 e. The molecule has 0 unspecified atom stereocenters. The molecule has 0 aromatic heterocycles. The Balaban J connectivity index is 2.14. The number of halogens is 2. The van der Waals surface area contributed by atoms with Crippen molar-refractivity contribution in [1.82, 2.24) is 5.32 Å². The van der Waals surface area contributed by atoms with E-state index in [4.69, 9.17) is 0 Å². The average molecular weight is 347 g/mol. The van der Waals surface area contributed by atoms with Crippen molar-refractivity contribution in [2.24, 2.45) is 0 Å². The van der Waals surface area contributed by atoms with Crippen LogP contribution in [0.1, 0.15) is 22.3 Å². The lowest BCUT2D eigenvalue weighted by molar-refractivity contribution is -0.141. The fraction of sp³-hybridized carbons (Fsp3) is 0.263. The van der Waals surface area contributed by atoms with E-state index in [2.05, 4.69) is 5.32 Å². The van der Waals surface area contributed by atoms with Gasteiger partial charge in [-0.05, 0) is 42.7 Å². The van der Waals surface area contributed by atoms with Crippen LogP contribution in [0, 0.1) is 25.5 Å². The van der Waals surface area contributed by atoms with Crippen molar-refractivity contribution in [2.45, 2.75) is 32.7 Å². The number of aliphatic carboxylic acids is 1. The minimum absolute atomic E-state index is 0.0966. The molecule has 2 aromatic carbocycles. The second-order valence-corrected chi connectivity index (χ2v) is 5.91. The molecule has 1 amide bonds. The molecule has 2 N–H and O–H groups in total. The summed E-state index contributed by atoms with van der Waals surface area (Å²) in [7, 11) is 0. The van der Waals surface area contributed by atoms with Crippen LogP contribution in [0.15, 0.2) is 36.4 Å². The van der Waals surface area contributed by atoms with Crippen LogP contribution in [0.2, 0.25) is 0 Å². The Kier molecular flexibility index (Phi) is 5.85. The van der Waals surface area contributed by atoms with Crippen LogP contribution in [0.3, 0.4) is 0 Å². The smallest absolute Gasteiger partial charge is 0.326 e. The molecule has 4 nitrogen and oxygen atoms in total. The minimum atomic E-state index is -1.20. The van der Waals surface area contributed by atoms with E-state index in [-0.39, 0.29) is 12.0 Å². The second-order valence-electron chi connectivity index (χ2n) is 5.91. The van der Waals surface area contributed by atoms with E-state index in [1.807, 2.05) is 32.0 Å². The molecule has 132 valence electrons. The number of amides is 1. The summed E-state index contributed by atoms with van der Waals surface area (Å²) in [5, 5.41) is 11.7. The van der Waals surface area contributed by atoms with Gasteiger partial charge in [0.25, 0.3) is 0 Å². The van der Waals surface area contributed by atoms with Gasteiger partial charge in [0.1, 0.15) is 17.7 Å². The number of carboxylic acid groups (broad SMARTS) is 1. The Labute approximate surface area is 144 Å². The van der Waals surface area contributed by atoms with Gasteiger partial charge < -0.3 is 10.4 Å². The normalized spacial score (nSPS) is 11.8. The third-order valence-electron chi connectivity index (χ3n) is 4.09. The number of carbonyl (C=O) groups is 2. The molecule has 1 atom stereocenters. The number of carboxylic acids is 1. The molecule has 0 aliphatic heterocycles. The highest BCUT2D eigenvalue weighted by Crippen LogP contribution is 2.16. The molecule has 0 heterocycles. The molecule has 0 aliphatic carbocycles. The zero-order valence-electron chi connectivity index (χ0n) is 14.0. The molecule has 2 aromatic rings. The van der Waals surface area contributed by atoms with Gasteiger partial charge in [0.05, 0.1) is 6.42 Å². The Morgan fingerprint density at radius 1 is 1.00 bits per heavy atom. The first-order valence-electron chi connectivity index (χ1n) is 7.79. The molecule has 0 bridgehead atoms. The van der Waals surface area contributed by atoms with Gasteiger partial charge in [-0.2, -0.15) is 0 Å². The van der Waals surface area contributed by atoms with Gasteiger partial charge in [0.15, 0.2) is 0 Å². The Morgan fingerprint density at radius 2 is 1.52 bits per heavy atom. The van der Waals surface area contributed by atoms with Crippen LogP contribution >= 0.6 is 0 Å². The van der Waals surface area contributed by atoms with Gasteiger partial charge in [-0.3, -0.25) is 4.79 Å². The van der Waals surface area contributed by atoms with Gasteiger partial charge in [0, 0.05) is 12.0 Å². The standard InChI is InChI=1S/C19H19F2NO3/c1-11-5-3-6-12(2)13(11)9-17(19(24)25)22-18(23)10-14-15(20)7-4-8-16(14)21/h3-8,17H,9-10H2,1-2H3,(H,22,23)(H,24,25)/t17-/m0/s1. The quantitative estimate of drug-likeness (QED) is 0.844. The zero-order valence-corrected chi connectivity index (χ0v) is 14.0. The van der Waals surface area contributed by atoms with E-state index in [1.165, 1.54) is 6.07 Å². The number of rotatable bonds is 6. The summed E-state index contributed by atoms with van der Waals surface area (Å²) in [5.74, 6) is -3.62. The van der Waals surface area contributed by atoms with Crippen LogP contribution in [-0.4, -0.2) is 23.0 Å². The van der Waals surface area contributed by atoms with Crippen molar-refractivity contribution in [3.05, 3.63) is 70.3 Å². The lowest BCUT2D eigenvalue weighted by Gasteiger charge is -2.18. The summed E-state index contributed by atoms with van der Waals surface area (Å²) in [5.41, 5.74) is 2.28. The topological polar surface area (TPSA) is 66.4 Å². The first-order valence-corrected chi connectivity index (χ1v) is 7.79. The predicted octanol–water partition coefficient (Wildman–Crippen LogP) is 2.94. The number of nitrogens with one attached hydrogen (secondary N) is 1. The Morgan fingerprint density at radius 3 is 2.04 bits per heavy atom. The van der Waals surface area contributed by atoms with Gasteiger partial charge in [-0.15, -0.1) is 0 Å². The highest BCUT2D eigenvalue weighted by Gasteiger charge is 2.23. The zero-order chi connectivity index (χ0) is 18.6. The molecular formula is C19H19F2NO3. The molecule has 0 saturated carbocycles. The highest BCUT2D eigenvalue weighted by molar-refractivity contribution is 5.85. The summed E-state index contributed by atoms with van der Waals surface area (Å²) in [6.07, 6.45) is -0.464. The monoisotopic (exact) mass is 347 g/mol. The molecule has 0 saturated heterocycles. The van der Waals surface area contributed by atoms with Crippen molar-refractivity contribution in [3.8, 4) is 0 Å². The summed E-state index contributed by atoms with van der Waals surface area (Å²) in [6.45, 7) is 3.72. The molecule has 0 fully saturated rings. The minimum Gasteiger partial charge on any atom is -0.480 e. The number of aryl methyl sites for hydroxylation is 2. The van der Waals surface area contributed by atoms with Gasteiger partial charge >= 0.3 is 5.97 Å². The van der Waals surface area contributed by atoms with Crippen LogP contribution in [0.25, 0.3) is 0 Å². The molecule has 25 heavy (non-hydrogen) atoms. The molecular weight excluding hydrogens is 328 g/mol. The first-order chi connectivity index (χ1) is 11.8. The summed E-state index contributed by atoms with van der Waals surface area (Å²) >= 11 is 0. The first kappa shape index (κ1) is 18.6. The summed E-state index contributed by atoms with van der Waals surface area (Å²) in [6, 6.07) is 7.71. The van der Waals surface area contributed by atoms with Gasteiger partial charge in [-0.1, -0.05) is 24.3 Å². The van der Waals surface area contributed by atoms with Gasteiger partial charge in [0.2, 0.25) is 5.91 Å². The predicted molar refractivity (Wildman–Crippen MR) is 89.2 cm³/mol. The SMILES string of the molecule is Cc1cccc(C)c1C[C@H](NC(=O)Cc1c(F)cccc1F)C(=O)O. The molecule has 0 radical (unpaired) electrons. The molecule has 2 rings (SSSR count). The van der Waals surface area contributed by atoms with Crippen molar-refractivity contribution in [1.29, 1.82) is 0 Å². The molecule has 6 heteroatoms. The van der Waals surface area contributed by atoms with Crippen molar-refractivity contribution >= 4 is 11.9 Å². The van der Waals surface area contributed by atoms with E-state index < -0.39 is 36.0 Å². The van der Waals surface area contributed by atoms with Crippen LogP contribution in [-0.2, 0) is 22.4 Å². The Bertz CT molecular complexity index is 765. The van der Waals surface area contributed by atoms with Crippen LogP contribution in [0.4, 0.5) is 8.78 Å². The maximum absolute atomic E-state index is 13.6. The summed E-state index contributed by atoms with van der Waals surface area (Å²) in [4.78, 5) is 23.6. The van der Waals surface area contributed by atoms with Crippen molar-refractivity contribution in [3.63, 3.8) is 0 Å². The molecule has 0 spiro atoms. The number of carbonyl (C=O) groups excluding carboxylic acids is 1. The van der Waals surface area contributed by atoms with E-state index >= 15 is 0 Å². The largest absolute Gasteiger partial charge is 0.480 e.